The number of alkyl halides is 2. The molecular formula is C15H19F2N5O. The Morgan fingerprint density at radius 3 is 2.87 bits per heavy atom. The van der Waals surface area contributed by atoms with Crippen LogP contribution in [0.3, 0.4) is 0 Å². The predicted octanol–water partition coefficient (Wildman–Crippen LogP) is 2.23. The second-order valence-electron chi connectivity index (χ2n) is 5.71. The second-order valence-corrected chi connectivity index (χ2v) is 5.71. The summed E-state index contributed by atoms with van der Waals surface area (Å²) in [6, 6.07) is 1.42. The second kappa shape index (κ2) is 6.47. The van der Waals surface area contributed by atoms with E-state index < -0.39 is 6.43 Å². The van der Waals surface area contributed by atoms with Crippen molar-refractivity contribution in [3.8, 4) is 0 Å². The monoisotopic (exact) mass is 323 g/mol. The molecule has 0 unspecified atom stereocenters. The Hall–Kier alpha value is -2.25. The van der Waals surface area contributed by atoms with Crippen LogP contribution >= 0.6 is 0 Å². The summed E-state index contributed by atoms with van der Waals surface area (Å²) >= 11 is 0. The van der Waals surface area contributed by atoms with Gasteiger partial charge < -0.3 is 5.32 Å². The number of amides is 1. The van der Waals surface area contributed by atoms with Gasteiger partial charge in [-0.3, -0.25) is 14.2 Å². The molecule has 2 heterocycles. The van der Waals surface area contributed by atoms with Gasteiger partial charge in [-0.05, 0) is 25.8 Å². The SMILES string of the molecule is CCn1cc(CNC(=O)Cn2nc(C3CC3)cc2C(F)F)cn1. The van der Waals surface area contributed by atoms with E-state index in [1.54, 1.807) is 10.9 Å². The minimum absolute atomic E-state index is 0.194. The van der Waals surface area contributed by atoms with Crippen molar-refractivity contribution in [1.29, 1.82) is 0 Å². The molecule has 23 heavy (non-hydrogen) atoms. The van der Waals surface area contributed by atoms with Crippen LogP contribution < -0.4 is 5.32 Å². The van der Waals surface area contributed by atoms with Crippen molar-refractivity contribution in [1.82, 2.24) is 24.9 Å². The quantitative estimate of drug-likeness (QED) is 0.850. The first-order valence-electron chi connectivity index (χ1n) is 7.70. The fourth-order valence-corrected chi connectivity index (χ4v) is 2.40. The van der Waals surface area contributed by atoms with E-state index in [0.29, 0.717) is 12.2 Å². The van der Waals surface area contributed by atoms with Gasteiger partial charge in [0.25, 0.3) is 6.43 Å². The average molecular weight is 323 g/mol. The van der Waals surface area contributed by atoms with Gasteiger partial charge in [0.2, 0.25) is 5.91 Å². The Labute approximate surface area is 132 Å². The van der Waals surface area contributed by atoms with E-state index in [1.807, 2.05) is 13.1 Å². The first-order chi connectivity index (χ1) is 11.1. The minimum Gasteiger partial charge on any atom is -0.350 e. The van der Waals surface area contributed by atoms with E-state index in [-0.39, 0.29) is 24.1 Å². The Kier molecular flexibility index (Phi) is 4.40. The molecule has 1 aliphatic carbocycles. The maximum Gasteiger partial charge on any atom is 0.280 e. The predicted molar refractivity (Wildman–Crippen MR) is 78.9 cm³/mol. The summed E-state index contributed by atoms with van der Waals surface area (Å²) in [6.45, 7) is 2.84. The number of aryl methyl sites for hydroxylation is 1. The van der Waals surface area contributed by atoms with E-state index in [4.69, 9.17) is 0 Å². The number of rotatable bonds is 7. The molecule has 0 atom stereocenters. The summed E-state index contributed by atoms with van der Waals surface area (Å²) in [6.07, 6.45) is 2.84. The summed E-state index contributed by atoms with van der Waals surface area (Å²) in [5.41, 5.74) is 1.34. The van der Waals surface area contributed by atoms with Crippen molar-refractivity contribution < 1.29 is 13.6 Å². The third-order valence-corrected chi connectivity index (χ3v) is 3.84. The highest BCUT2D eigenvalue weighted by Crippen LogP contribution is 2.40. The molecule has 0 aromatic carbocycles. The smallest absolute Gasteiger partial charge is 0.280 e. The molecule has 2 aromatic rings. The standard InChI is InChI=1S/C15H19F2N5O/c1-2-21-8-10(7-19-21)6-18-14(23)9-22-13(15(16)17)5-12(20-22)11-3-4-11/h5,7-8,11,15H,2-4,6,9H2,1H3,(H,18,23). The Morgan fingerprint density at radius 1 is 1.48 bits per heavy atom. The maximum atomic E-state index is 13.1. The van der Waals surface area contributed by atoms with Crippen LogP contribution in [0, 0.1) is 0 Å². The molecule has 124 valence electrons. The molecule has 3 rings (SSSR count). The fraction of sp³-hybridized carbons (Fsp3) is 0.533. The van der Waals surface area contributed by atoms with Gasteiger partial charge in [-0.2, -0.15) is 10.2 Å². The van der Waals surface area contributed by atoms with E-state index in [1.165, 1.54) is 6.07 Å². The van der Waals surface area contributed by atoms with Gasteiger partial charge in [0, 0.05) is 30.8 Å². The molecule has 1 saturated carbocycles. The summed E-state index contributed by atoms with van der Waals surface area (Å²) in [7, 11) is 0. The molecule has 1 N–H and O–H groups in total. The van der Waals surface area contributed by atoms with E-state index in [0.717, 1.165) is 29.6 Å². The highest BCUT2D eigenvalue weighted by molar-refractivity contribution is 5.75. The molecule has 1 fully saturated rings. The number of nitrogens with zero attached hydrogens (tertiary/aromatic N) is 4. The van der Waals surface area contributed by atoms with Crippen LogP contribution in [0.2, 0.25) is 0 Å². The zero-order valence-corrected chi connectivity index (χ0v) is 12.9. The molecule has 0 saturated heterocycles. The molecular weight excluding hydrogens is 304 g/mol. The van der Waals surface area contributed by atoms with Crippen molar-refractivity contribution in [2.24, 2.45) is 0 Å². The molecule has 0 bridgehead atoms. The third kappa shape index (κ3) is 3.75. The van der Waals surface area contributed by atoms with E-state index >= 15 is 0 Å². The van der Waals surface area contributed by atoms with Crippen LogP contribution in [0.1, 0.15) is 49.1 Å². The molecule has 1 aliphatic rings. The average Bonchev–Trinajstić information content (AvgIpc) is 3.12. The van der Waals surface area contributed by atoms with Crippen LogP contribution in [0.15, 0.2) is 18.5 Å². The van der Waals surface area contributed by atoms with Crippen LogP contribution in [0.5, 0.6) is 0 Å². The highest BCUT2D eigenvalue weighted by Gasteiger charge is 2.29. The van der Waals surface area contributed by atoms with Crippen LogP contribution in [0.25, 0.3) is 0 Å². The van der Waals surface area contributed by atoms with Gasteiger partial charge in [0.1, 0.15) is 12.2 Å². The van der Waals surface area contributed by atoms with Gasteiger partial charge in [-0.15, -0.1) is 0 Å². The number of carbonyl (C=O) groups is 1. The van der Waals surface area contributed by atoms with Crippen LogP contribution in [-0.4, -0.2) is 25.5 Å². The van der Waals surface area contributed by atoms with Crippen LogP contribution in [0.4, 0.5) is 8.78 Å². The zero-order valence-electron chi connectivity index (χ0n) is 12.9. The lowest BCUT2D eigenvalue weighted by Gasteiger charge is -2.07. The largest absolute Gasteiger partial charge is 0.350 e. The van der Waals surface area contributed by atoms with Crippen molar-refractivity contribution in [2.75, 3.05) is 0 Å². The van der Waals surface area contributed by atoms with E-state index in [9.17, 15) is 13.6 Å². The minimum atomic E-state index is -2.63. The van der Waals surface area contributed by atoms with Gasteiger partial charge in [-0.1, -0.05) is 0 Å². The number of carbonyl (C=O) groups excluding carboxylic acids is 1. The lowest BCUT2D eigenvalue weighted by molar-refractivity contribution is -0.122. The molecule has 2 aromatic heterocycles. The van der Waals surface area contributed by atoms with E-state index in [2.05, 4.69) is 15.5 Å². The summed E-state index contributed by atoms with van der Waals surface area (Å²) < 4.78 is 29.0. The summed E-state index contributed by atoms with van der Waals surface area (Å²) in [5.74, 6) is -0.0710. The van der Waals surface area contributed by atoms with Gasteiger partial charge in [-0.25, -0.2) is 8.78 Å². The summed E-state index contributed by atoms with van der Waals surface area (Å²) in [5, 5.41) is 11.0. The third-order valence-electron chi connectivity index (χ3n) is 3.84. The molecule has 6 nitrogen and oxygen atoms in total. The lowest BCUT2D eigenvalue weighted by Crippen LogP contribution is -2.28. The molecule has 8 heteroatoms. The van der Waals surface area contributed by atoms with Gasteiger partial charge in [0.15, 0.2) is 0 Å². The topological polar surface area (TPSA) is 64.7 Å². The Morgan fingerprint density at radius 2 is 2.26 bits per heavy atom. The van der Waals surface area contributed by atoms with Gasteiger partial charge >= 0.3 is 0 Å². The van der Waals surface area contributed by atoms with Crippen molar-refractivity contribution in [3.63, 3.8) is 0 Å². The normalized spacial score (nSPS) is 14.4. The first-order valence-corrected chi connectivity index (χ1v) is 7.70. The van der Waals surface area contributed by atoms with Gasteiger partial charge in [0.05, 0.1) is 11.9 Å². The number of hydrogen-bond acceptors (Lipinski definition) is 3. The molecule has 0 radical (unpaired) electrons. The maximum absolute atomic E-state index is 13.1. The number of aromatic nitrogens is 4. The summed E-state index contributed by atoms with van der Waals surface area (Å²) in [4.78, 5) is 12.0. The van der Waals surface area contributed by atoms with Crippen molar-refractivity contribution >= 4 is 5.91 Å². The molecule has 1 amide bonds. The number of nitrogens with one attached hydrogen (secondary N) is 1. The Bertz CT molecular complexity index is 690. The lowest BCUT2D eigenvalue weighted by atomic mass is 10.3. The first kappa shape index (κ1) is 15.6. The van der Waals surface area contributed by atoms with Crippen molar-refractivity contribution in [2.45, 2.75) is 51.7 Å². The van der Waals surface area contributed by atoms with Crippen LogP contribution in [-0.2, 0) is 24.4 Å². The zero-order chi connectivity index (χ0) is 16.4. The number of hydrogen-bond donors (Lipinski definition) is 1. The van der Waals surface area contributed by atoms with Crippen molar-refractivity contribution in [3.05, 3.63) is 35.4 Å². The fourth-order valence-electron chi connectivity index (χ4n) is 2.40. The Balaban J connectivity index is 1.60. The molecule has 0 spiro atoms. The number of halogens is 2. The molecule has 0 aliphatic heterocycles. The highest BCUT2D eigenvalue weighted by atomic mass is 19.3.